The van der Waals surface area contributed by atoms with E-state index in [-0.39, 0.29) is 5.92 Å². The maximum atomic E-state index is 10.8. The van der Waals surface area contributed by atoms with Crippen molar-refractivity contribution in [1.29, 1.82) is 0 Å². The van der Waals surface area contributed by atoms with Gasteiger partial charge in [-0.05, 0) is 57.5 Å². The molecule has 0 bridgehead atoms. The summed E-state index contributed by atoms with van der Waals surface area (Å²) < 4.78 is 0. The first-order chi connectivity index (χ1) is 17.4. The Morgan fingerprint density at radius 3 is 1.56 bits per heavy atom. The van der Waals surface area contributed by atoms with Crippen LogP contribution < -0.4 is 0 Å². The van der Waals surface area contributed by atoms with E-state index in [9.17, 15) is 4.79 Å². The molecule has 0 amide bonds. The van der Waals surface area contributed by atoms with Crippen LogP contribution in [-0.4, -0.2) is 36.6 Å². The van der Waals surface area contributed by atoms with Crippen molar-refractivity contribution in [1.82, 2.24) is 4.90 Å². The van der Waals surface area contributed by atoms with Gasteiger partial charge in [-0.25, -0.2) is 0 Å². The van der Waals surface area contributed by atoms with E-state index in [0.717, 1.165) is 30.6 Å². The van der Waals surface area contributed by atoms with Crippen LogP contribution in [0.5, 0.6) is 0 Å². The van der Waals surface area contributed by atoms with Crippen LogP contribution in [0.15, 0.2) is 0 Å². The first-order valence-corrected chi connectivity index (χ1v) is 16.3. The molecule has 0 aliphatic heterocycles. The van der Waals surface area contributed by atoms with Gasteiger partial charge >= 0.3 is 5.97 Å². The van der Waals surface area contributed by atoms with Crippen LogP contribution in [0.4, 0.5) is 0 Å². The van der Waals surface area contributed by atoms with Gasteiger partial charge in [0.25, 0.3) is 0 Å². The summed E-state index contributed by atoms with van der Waals surface area (Å²) >= 11 is 0. The molecule has 0 aromatic rings. The summed E-state index contributed by atoms with van der Waals surface area (Å²) in [7, 11) is 4.48. The molecule has 0 aromatic heterocycles. The molecule has 0 spiro atoms. The fourth-order valence-electron chi connectivity index (χ4n) is 6.13. The van der Waals surface area contributed by atoms with Crippen molar-refractivity contribution in [2.45, 2.75) is 162 Å². The highest BCUT2D eigenvalue weighted by Gasteiger charge is 2.35. The molecule has 0 aromatic carbocycles. The second-order valence-electron chi connectivity index (χ2n) is 12.7. The third kappa shape index (κ3) is 19.5. The van der Waals surface area contributed by atoms with Gasteiger partial charge in [-0.1, -0.05) is 136 Å². The summed E-state index contributed by atoms with van der Waals surface area (Å²) in [5.41, 5.74) is 0. The number of hydrogen-bond donors (Lipinski definition) is 1. The van der Waals surface area contributed by atoms with Crippen molar-refractivity contribution < 1.29 is 9.90 Å². The molecule has 0 heterocycles. The average molecular weight is 508 g/mol. The zero-order valence-corrected chi connectivity index (χ0v) is 25.1. The minimum absolute atomic E-state index is 0.168. The number of rotatable bonds is 27. The Balaban J connectivity index is 1.86. The molecule has 1 rings (SSSR count). The van der Waals surface area contributed by atoms with Gasteiger partial charge < -0.3 is 10.0 Å². The van der Waals surface area contributed by atoms with E-state index in [1.807, 2.05) is 6.92 Å². The molecule has 4 atom stereocenters. The van der Waals surface area contributed by atoms with Crippen molar-refractivity contribution >= 4 is 5.97 Å². The average Bonchev–Trinajstić information content (AvgIpc) is 3.59. The Hall–Kier alpha value is -0.570. The van der Waals surface area contributed by atoms with Crippen LogP contribution in [0.2, 0.25) is 0 Å². The van der Waals surface area contributed by atoms with E-state index in [2.05, 4.69) is 25.9 Å². The SMILES string of the molecule is CCCCCCCC(CCCCCCCCCCC1CC1CCCCCCC(C)C(=O)O)CN(C)C. The number of carbonyl (C=O) groups is 1. The summed E-state index contributed by atoms with van der Waals surface area (Å²) in [5.74, 6) is 2.17. The van der Waals surface area contributed by atoms with Crippen molar-refractivity contribution in [3.05, 3.63) is 0 Å². The normalized spacial score (nSPS) is 19.0. The molecule has 3 heteroatoms. The Kier molecular flexibility index (Phi) is 20.8. The number of hydrogen-bond acceptors (Lipinski definition) is 2. The molecule has 1 aliphatic carbocycles. The number of carboxylic acids is 1. The van der Waals surface area contributed by atoms with Crippen LogP contribution in [-0.2, 0) is 4.79 Å². The lowest BCUT2D eigenvalue weighted by atomic mass is 9.93. The molecule has 3 nitrogen and oxygen atoms in total. The van der Waals surface area contributed by atoms with E-state index in [4.69, 9.17) is 5.11 Å². The highest BCUT2D eigenvalue weighted by Crippen LogP contribution is 2.45. The topological polar surface area (TPSA) is 40.5 Å². The van der Waals surface area contributed by atoms with Crippen molar-refractivity contribution in [3.8, 4) is 0 Å². The Bertz CT molecular complexity index is 506. The standard InChI is InChI=1S/C33H65NO2/c1-5-6-7-12-18-23-30(28-34(3)4)24-19-13-10-8-9-11-14-20-25-31-27-32(31)26-21-16-15-17-22-29(2)33(35)36/h29-32H,5-28H2,1-4H3,(H,35,36). The van der Waals surface area contributed by atoms with Gasteiger partial charge in [0.05, 0.1) is 5.92 Å². The molecular weight excluding hydrogens is 442 g/mol. The molecular formula is C33H65NO2. The molecule has 0 saturated heterocycles. The van der Waals surface area contributed by atoms with Crippen molar-refractivity contribution in [3.63, 3.8) is 0 Å². The Labute approximate surface area is 226 Å². The fraction of sp³-hybridized carbons (Fsp3) is 0.970. The van der Waals surface area contributed by atoms with E-state index in [1.165, 1.54) is 141 Å². The van der Waals surface area contributed by atoms with Gasteiger partial charge in [0.15, 0.2) is 0 Å². The minimum atomic E-state index is -0.640. The summed E-state index contributed by atoms with van der Waals surface area (Å²) in [6.07, 6.45) is 31.8. The zero-order chi connectivity index (χ0) is 26.4. The maximum Gasteiger partial charge on any atom is 0.306 e. The summed E-state index contributed by atoms with van der Waals surface area (Å²) in [5, 5.41) is 8.93. The second kappa shape index (κ2) is 22.4. The first kappa shape index (κ1) is 33.5. The molecule has 4 unspecified atom stereocenters. The van der Waals surface area contributed by atoms with E-state index in [0.29, 0.717) is 0 Å². The lowest BCUT2D eigenvalue weighted by Crippen LogP contribution is -2.21. The Morgan fingerprint density at radius 2 is 1.11 bits per heavy atom. The molecule has 36 heavy (non-hydrogen) atoms. The molecule has 1 saturated carbocycles. The highest BCUT2D eigenvalue weighted by atomic mass is 16.4. The van der Waals surface area contributed by atoms with Gasteiger partial charge in [-0.15, -0.1) is 0 Å². The predicted octanol–water partition coefficient (Wildman–Crippen LogP) is 10.1. The molecule has 214 valence electrons. The van der Waals surface area contributed by atoms with Gasteiger partial charge in [0.1, 0.15) is 0 Å². The van der Waals surface area contributed by atoms with E-state index < -0.39 is 5.97 Å². The van der Waals surface area contributed by atoms with Crippen LogP contribution in [0.1, 0.15) is 162 Å². The second-order valence-corrected chi connectivity index (χ2v) is 12.7. The molecule has 1 aliphatic rings. The molecule has 1 N–H and O–H groups in total. The van der Waals surface area contributed by atoms with Crippen LogP contribution in [0, 0.1) is 23.7 Å². The number of nitrogens with zero attached hydrogens (tertiary/aromatic N) is 1. The lowest BCUT2D eigenvalue weighted by molar-refractivity contribution is -0.141. The van der Waals surface area contributed by atoms with E-state index >= 15 is 0 Å². The van der Waals surface area contributed by atoms with Crippen molar-refractivity contribution in [2.24, 2.45) is 23.7 Å². The van der Waals surface area contributed by atoms with E-state index in [1.54, 1.807) is 0 Å². The van der Waals surface area contributed by atoms with Crippen LogP contribution >= 0.6 is 0 Å². The summed E-state index contributed by atoms with van der Waals surface area (Å²) in [6, 6.07) is 0. The largest absolute Gasteiger partial charge is 0.481 e. The molecule has 0 radical (unpaired) electrons. The highest BCUT2D eigenvalue weighted by molar-refractivity contribution is 5.69. The number of carboxylic acid groups (broad SMARTS) is 1. The quantitative estimate of drug-likeness (QED) is 0.112. The maximum absolute atomic E-state index is 10.8. The summed E-state index contributed by atoms with van der Waals surface area (Å²) in [4.78, 5) is 13.2. The van der Waals surface area contributed by atoms with Gasteiger partial charge in [0, 0.05) is 6.54 Å². The van der Waals surface area contributed by atoms with Gasteiger partial charge in [0.2, 0.25) is 0 Å². The third-order valence-corrected chi connectivity index (χ3v) is 8.73. The zero-order valence-electron chi connectivity index (χ0n) is 25.1. The fourth-order valence-corrected chi connectivity index (χ4v) is 6.13. The predicted molar refractivity (Wildman–Crippen MR) is 158 cm³/mol. The van der Waals surface area contributed by atoms with Crippen LogP contribution in [0.25, 0.3) is 0 Å². The minimum Gasteiger partial charge on any atom is -0.481 e. The number of unbranched alkanes of at least 4 members (excludes halogenated alkanes) is 14. The first-order valence-electron chi connectivity index (χ1n) is 16.3. The third-order valence-electron chi connectivity index (χ3n) is 8.73. The Morgan fingerprint density at radius 1 is 0.694 bits per heavy atom. The molecule has 1 fully saturated rings. The van der Waals surface area contributed by atoms with Gasteiger partial charge in [-0.3, -0.25) is 4.79 Å². The number of aliphatic carboxylic acids is 1. The monoisotopic (exact) mass is 508 g/mol. The lowest BCUT2D eigenvalue weighted by Gasteiger charge is -2.21. The van der Waals surface area contributed by atoms with Crippen LogP contribution in [0.3, 0.4) is 0 Å². The summed E-state index contributed by atoms with van der Waals surface area (Å²) in [6.45, 7) is 5.42. The van der Waals surface area contributed by atoms with Gasteiger partial charge in [-0.2, -0.15) is 0 Å². The van der Waals surface area contributed by atoms with Crippen molar-refractivity contribution in [2.75, 3.05) is 20.6 Å². The smallest absolute Gasteiger partial charge is 0.306 e.